The van der Waals surface area contributed by atoms with E-state index in [4.69, 9.17) is 4.42 Å². The summed E-state index contributed by atoms with van der Waals surface area (Å²) in [5, 5.41) is 3.00. The molecule has 1 atom stereocenters. The SMILES string of the molecule is CC(C)C(C(=O)NC(C)(C)C)N(Cc1ccco1)C(=O)c1ccccc1. The van der Waals surface area contributed by atoms with Gasteiger partial charge in [0.2, 0.25) is 5.91 Å². The van der Waals surface area contributed by atoms with Crippen molar-refractivity contribution < 1.29 is 14.0 Å². The van der Waals surface area contributed by atoms with Crippen molar-refractivity contribution in [1.82, 2.24) is 10.2 Å². The van der Waals surface area contributed by atoms with Crippen molar-refractivity contribution in [3.8, 4) is 0 Å². The number of furan rings is 1. The highest BCUT2D eigenvalue weighted by molar-refractivity contribution is 5.97. The van der Waals surface area contributed by atoms with Gasteiger partial charge in [-0.15, -0.1) is 0 Å². The molecule has 0 saturated carbocycles. The molecule has 1 unspecified atom stereocenters. The van der Waals surface area contributed by atoms with Crippen LogP contribution in [0.4, 0.5) is 0 Å². The molecule has 2 rings (SSSR count). The highest BCUT2D eigenvalue weighted by Crippen LogP contribution is 2.20. The normalized spacial score (nSPS) is 12.7. The van der Waals surface area contributed by atoms with Crippen molar-refractivity contribution in [2.45, 2.75) is 52.7 Å². The van der Waals surface area contributed by atoms with Gasteiger partial charge in [0.25, 0.3) is 5.91 Å². The van der Waals surface area contributed by atoms with Gasteiger partial charge in [0.05, 0.1) is 12.8 Å². The number of amides is 2. The fraction of sp³-hybridized carbons (Fsp3) is 0.429. The Bertz CT molecular complexity index is 715. The number of rotatable bonds is 6. The van der Waals surface area contributed by atoms with E-state index in [1.807, 2.05) is 58.9 Å². The van der Waals surface area contributed by atoms with Crippen LogP contribution in [0.1, 0.15) is 50.7 Å². The molecule has 0 fully saturated rings. The molecule has 0 saturated heterocycles. The van der Waals surface area contributed by atoms with E-state index in [1.54, 1.807) is 29.4 Å². The average molecular weight is 356 g/mol. The van der Waals surface area contributed by atoms with Crippen LogP contribution in [0.25, 0.3) is 0 Å². The zero-order chi connectivity index (χ0) is 19.3. The second-order valence-corrected chi connectivity index (χ2v) is 7.81. The Kier molecular flexibility index (Phi) is 6.24. The Labute approximate surface area is 155 Å². The quantitative estimate of drug-likeness (QED) is 0.855. The van der Waals surface area contributed by atoms with Crippen LogP contribution in [0.15, 0.2) is 53.1 Å². The Morgan fingerprint density at radius 1 is 1.08 bits per heavy atom. The van der Waals surface area contributed by atoms with Crippen molar-refractivity contribution in [3.05, 3.63) is 60.1 Å². The second kappa shape index (κ2) is 8.21. The Hall–Kier alpha value is -2.56. The molecule has 26 heavy (non-hydrogen) atoms. The molecule has 0 radical (unpaired) electrons. The van der Waals surface area contributed by atoms with Gasteiger partial charge in [0.1, 0.15) is 11.8 Å². The molecule has 2 amide bonds. The first kappa shape index (κ1) is 19.8. The van der Waals surface area contributed by atoms with E-state index in [-0.39, 0.29) is 29.8 Å². The summed E-state index contributed by atoms with van der Waals surface area (Å²) < 4.78 is 5.43. The fourth-order valence-electron chi connectivity index (χ4n) is 2.86. The summed E-state index contributed by atoms with van der Waals surface area (Å²) in [6.07, 6.45) is 1.57. The summed E-state index contributed by atoms with van der Waals surface area (Å²) in [6.45, 7) is 9.91. The molecular weight excluding hydrogens is 328 g/mol. The lowest BCUT2D eigenvalue weighted by atomic mass is 9.98. The van der Waals surface area contributed by atoms with Crippen LogP contribution in [0.3, 0.4) is 0 Å². The van der Waals surface area contributed by atoms with Crippen LogP contribution in [-0.2, 0) is 11.3 Å². The molecule has 0 aliphatic rings. The molecule has 1 heterocycles. The van der Waals surface area contributed by atoms with Gasteiger partial charge in [-0.1, -0.05) is 32.0 Å². The number of hydrogen-bond acceptors (Lipinski definition) is 3. The van der Waals surface area contributed by atoms with Gasteiger partial charge >= 0.3 is 0 Å². The van der Waals surface area contributed by atoms with E-state index in [1.165, 1.54) is 0 Å². The number of carbonyl (C=O) groups excluding carboxylic acids is 2. The molecule has 2 aromatic rings. The predicted molar refractivity (Wildman–Crippen MR) is 102 cm³/mol. The van der Waals surface area contributed by atoms with Gasteiger partial charge in [-0.05, 0) is 51.0 Å². The lowest BCUT2D eigenvalue weighted by molar-refractivity contribution is -0.128. The molecule has 1 aromatic heterocycles. The number of benzene rings is 1. The minimum absolute atomic E-state index is 0.0556. The van der Waals surface area contributed by atoms with Gasteiger partial charge < -0.3 is 14.6 Å². The zero-order valence-corrected chi connectivity index (χ0v) is 16.2. The molecule has 0 spiro atoms. The molecule has 0 aliphatic heterocycles. The predicted octanol–water partition coefficient (Wildman–Crippen LogP) is 3.86. The van der Waals surface area contributed by atoms with Crippen LogP contribution in [0, 0.1) is 5.92 Å². The monoisotopic (exact) mass is 356 g/mol. The van der Waals surface area contributed by atoms with Gasteiger partial charge in [0.15, 0.2) is 0 Å². The second-order valence-electron chi connectivity index (χ2n) is 7.81. The summed E-state index contributed by atoms with van der Waals surface area (Å²) in [5.41, 5.74) is 0.171. The molecule has 5 heteroatoms. The van der Waals surface area contributed by atoms with Gasteiger partial charge in [-0.2, -0.15) is 0 Å². The van der Waals surface area contributed by atoms with Crippen molar-refractivity contribution >= 4 is 11.8 Å². The summed E-state index contributed by atoms with van der Waals surface area (Å²) in [4.78, 5) is 27.8. The van der Waals surface area contributed by atoms with E-state index in [0.29, 0.717) is 11.3 Å². The number of nitrogens with one attached hydrogen (secondary N) is 1. The summed E-state index contributed by atoms with van der Waals surface area (Å²) in [6, 6.07) is 12.0. The molecule has 140 valence electrons. The zero-order valence-electron chi connectivity index (χ0n) is 16.2. The Morgan fingerprint density at radius 2 is 1.73 bits per heavy atom. The van der Waals surface area contributed by atoms with Gasteiger partial charge in [-0.3, -0.25) is 9.59 Å². The van der Waals surface area contributed by atoms with Gasteiger partial charge in [-0.25, -0.2) is 0 Å². The number of carbonyl (C=O) groups is 2. The molecule has 1 aromatic carbocycles. The van der Waals surface area contributed by atoms with E-state index in [2.05, 4.69) is 5.32 Å². The van der Waals surface area contributed by atoms with Crippen LogP contribution in [0.2, 0.25) is 0 Å². The third-order valence-corrected chi connectivity index (χ3v) is 3.92. The first-order valence-corrected chi connectivity index (χ1v) is 8.89. The van der Waals surface area contributed by atoms with E-state index >= 15 is 0 Å². The van der Waals surface area contributed by atoms with Crippen molar-refractivity contribution in [3.63, 3.8) is 0 Å². The van der Waals surface area contributed by atoms with Crippen LogP contribution in [-0.4, -0.2) is 28.3 Å². The van der Waals surface area contributed by atoms with Crippen molar-refractivity contribution in [2.75, 3.05) is 0 Å². The summed E-state index contributed by atoms with van der Waals surface area (Å²) >= 11 is 0. The third-order valence-electron chi connectivity index (χ3n) is 3.92. The average Bonchev–Trinajstić information content (AvgIpc) is 3.05. The maximum absolute atomic E-state index is 13.2. The maximum Gasteiger partial charge on any atom is 0.254 e. The first-order chi connectivity index (χ1) is 12.2. The largest absolute Gasteiger partial charge is 0.467 e. The molecular formula is C21H28N2O3. The highest BCUT2D eigenvalue weighted by atomic mass is 16.3. The van der Waals surface area contributed by atoms with Crippen LogP contribution >= 0.6 is 0 Å². The lowest BCUT2D eigenvalue weighted by Crippen LogP contribution is -2.55. The first-order valence-electron chi connectivity index (χ1n) is 8.89. The van der Waals surface area contributed by atoms with Crippen molar-refractivity contribution in [1.29, 1.82) is 0 Å². The Balaban J connectivity index is 2.38. The van der Waals surface area contributed by atoms with E-state index in [0.717, 1.165) is 0 Å². The summed E-state index contributed by atoms with van der Waals surface area (Å²) in [7, 11) is 0. The molecule has 0 aliphatic carbocycles. The van der Waals surface area contributed by atoms with Gasteiger partial charge in [0, 0.05) is 11.1 Å². The topological polar surface area (TPSA) is 62.6 Å². The number of nitrogens with zero attached hydrogens (tertiary/aromatic N) is 1. The lowest BCUT2D eigenvalue weighted by Gasteiger charge is -2.35. The van der Waals surface area contributed by atoms with Crippen molar-refractivity contribution in [2.24, 2.45) is 5.92 Å². The van der Waals surface area contributed by atoms with E-state index in [9.17, 15) is 9.59 Å². The maximum atomic E-state index is 13.2. The molecule has 1 N–H and O–H groups in total. The fourth-order valence-corrected chi connectivity index (χ4v) is 2.86. The minimum Gasteiger partial charge on any atom is -0.467 e. The Morgan fingerprint density at radius 3 is 2.23 bits per heavy atom. The van der Waals surface area contributed by atoms with E-state index < -0.39 is 6.04 Å². The standard InChI is InChI=1S/C21H28N2O3/c1-15(2)18(19(24)22-21(3,4)5)23(14-17-12-9-13-26-17)20(25)16-10-7-6-8-11-16/h6-13,15,18H,14H2,1-5H3,(H,22,24). The van der Waals surface area contributed by atoms with Crippen LogP contribution in [0.5, 0.6) is 0 Å². The molecule has 0 bridgehead atoms. The minimum atomic E-state index is -0.605. The van der Waals surface area contributed by atoms with Crippen LogP contribution < -0.4 is 5.32 Å². The third kappa shape index (κ3) is 5.22. The smallest absolute Gasteiger partial charge is 0.254 e. The molecule has 5 nitrogen and oxygen atoms in total. The highest BCUT2D eigenvalue weighted by Gasteiger charge is 2.35. The summed E-state index contributed by atoms with van der Waals surface area (Å²) in [5.74, 6) is 0.233. The number of hydrogen-bond donors (Lipinski definition) is 1.